The summed E-state index contributed by atoms with van der Waals surface area (Å²) in [6, 6.07) is 4.21. The second kappa shape index (κ2) is 6.87. The molecular weight excluding hydrogens is 238 g/mol. The molecule has 4 nitrogen and oxygen atoms in total. The monoisotopic (exact) mass is 263 g/mol. The van der Waals surface area contributed by atoms with Crippen LogP contribution in [0.25, 0.3) is 0 Å². The van der Waals surface area contributed by atoms with Gasteiger partial charge in [0, 0.05) is 25.7 Å². The summed E-state index contributed by atoms with van der Waals surface area (Å²) in [4.78, 5) is 6.81. The van der Waals surface area contributed by atoms with E-state index < -0.39 is 0 Å². The fourth-order valence-corrected chi connectivity index (χ4v) is 2.46. The molecule has 19 heavy (non-hydrogen) atoms. The minimum Gasteiger partial charge on any atom is -0.376 e. The van der Waals surface area contributed by atoms with Crippen molar-refractivity contribution in [1.82, 2.24) is 4.98 Å². The van der Waals surface area contributed by atoms with Crippen molar-refractivity contribution in [3.63, 3.8) is 0 Å². The molecule has 2 N–H and O–H groups in total. The summed E-state index contributed by atoms with van der Waals surface area (Å²) >= 11 is 0. The average Bonchev–Trinajstić information content (AvgIpc) is 2.97. The number of hydrogen-bond donors (Lipinski definition) is 1. The third-order valence-electron chi connectivity index (χ3n) is 3.79. The SMILES string of the molecule is CCC(N)c1ccc(N(CC)CC2CCCO2)cn1. The highest BCUT2D eigenvalue weighted by atomic mass is 16.5. The molecule has 2 rings (SSSR count). The number of aromatic nitrogens is 1. The molecule has 4 heteroatoms. The molecule has 0 bridgehead atoms. The predicted molar refractivity (Wildman–Crippen MR) is 78.3 cm³/mol. The number of nitrogens with two attached hydrogens (primary N) is 1. The second-order valence-corrected chi connectivity index (χ2v) is 5.13. The Morgan fingerprint density at radius 2 is 2.32 bits per heavy atom. The first-order chi connectivity index (χ1) is 9.24. The van der Waals surface area contributed by atoms with Gasteiger partial charge in [0.1, 0.15) is 0 Å². The van der Waals surface area contributed by atoms with Crippen molar-refractivity contribution in [3.05, 3.63) is 24.0 Å². The Morgan fingerprint density at radius 3 is 2.84 bits per heavy atom. The number of likely N-dealkylation sites (N-methyl/N-ethyl adjacent to an activating group) is 1. The molecule has 1 aliphatic rings. The molecule has 0 amide bonds. The van der Waals surface area contributed by atoms with Crippen molar-refractivity contribution in [3.8, 4) is 0 Å². The van der Waals surface area contributed by atoms with Crippen LogP contribution in [0.15, 0.2) is 18.3 Å². The minimum atomic E-state index is 0.0438. The van der Waals surface area contributed by atoms with Gasteiger partial charge in [0.15, 0.2) is 0 Å². The smallest absolute Gasteiger partial charge is 0.0750 e. The molecule has 0 radical (unpaired) electrons. The Balaban J connectivity index is 2.01. The maximum absolute atomic E-state index is 5.99. The van der Waals surface area contributed by atoms with Crippen molar-refractivity contribution in [2.75, 3.05) is 24.6 Å². The molecule has 1 saturated heterocycles. The highest BCUT2D eigenvalue weighted by molar-refractivity contribution is 5.44. The summed E-state index contributed by atoms with van der Waals surface area (Å²) in [5.74, 6) is 0. The van der Waals surface area contributed by atoms with E-state index in [4.69, 9.17) is 10.5 Å². The van der Waals surface area contributed by atoms with Crippen molar-refractivity contribution < 1.29 is 4.74 Å². The van der Waals surface area contributed by atoms with Gasteiger partial charge in [0.05, 0.1) is 23.7 Å². The topological polar surface area (TPSA) is 51.4 Å². The molecule has 2 heterocycles. The molecule has 1 aliphatic heterocycles. The van der Waals surface area contributed by atoms with E-state index >= 15 is 0 Å². The highest BCUT2D eigenvalue weighted by Crippen LogP contribution is 2.20. The lowest BCUT2D eigenvalue weighted by atomic mass is 10.1. The van der Waals surface area contributed by atoms with Crippen LogP contribution in [0.3, 0.4) is 0 Å². The normalized spacial score (nSPS) is 20.5. The molecule has 0 aliphatic carbocycles. The lowest BCUT2D eigenvalue weighted by Crippen LogP contribution is -2.32. The molecule has 1 aromatic heterocycles. The second-order valence-electron chi connectivity index (χ2n) is 5.13. The van der Waals surface area contributed by atoms with Gasteiger partial charge in [-0.2, -0.15) is 0 Å². The Morgan fingerprint density at radius 1 is 1.47 bits per heavy atom. The fourth-order valence-electron chi connectivity index (χ4n) is 2.46. The lowest BCUT2D eigenvalue weighted by molar-refractivity contribution is 0.115. The van der Waals surface area contributed by atoms with Gasteiger partial charge in [-0.05, 0) is 38.3 Å². The molecule has 0 aromatic carbocycles. The van der Waals surface area contributed by atoms with Crippen LogP contribution in [0.5, 0.6) is 0 Å². The average molecular weight is 263 g/mol. The van der Waals surface area contributed by atoms with Gasteiger partial charge >= 0.3 is 0 Å². The Kier molecular flexibility index (Phi) is 5.16. The van der Waals surface area contributed by atoms with E-state index in [0.717, 1.165) is 37.5 Å². The first-order valence-electron chi connectivity index (χ1n) is 7.32. The summed E-state index contributed by atoms with van der Waals surface area (Å²) < 4.78 is 5.70. The summed E-state index contributed by atoms with van der Waals surface area (Å²) in [5.41, 5.74) is 8.12. The zero-order valence-corrected chi connectivity index (χ0v) is 12.0. The van der Waals surface area contributed by atoms with E-state index in [2.05, 4.69) is 29.8 Å². The number of anilines is 1. The van der Waals surface area contributed by atoms with Crippen LogP contribution in [-0.4, -0.2) is 30.8 Å². The van der Waals surface area contributed by atoms with Gasteiger partial charge in [-0.3, -0.25) is 4.98 Å². The molecule has 106 valence electrons. The van der Waals surface area contributed by atoms with Crippen LogP contribution in [-0.2, 0) is 4.74 Å². The number of pyridine rings is 1. The zero-order chi connectivity index (χ0) is 13.7. The molecule has 0 saturated carbocycles. The first-order valence-corrected chi connectivity index (χ1v) is 7.32. The maximum atomic E-state index is 5.99. The summed E-state index contributed by atoms with van der Waals surface area (Å²) in [6.45, 7) is 7.08. The Bertz CT molecular complexity index is 373. The Labute approximate surface area is 116 Å². The van der Waals surface area contributed by atoms with Crippen LogP contribution in [0.4, 0.5) is 5.69 Å². The van der Waals surface area contributed by atoms with Gasteiger partial charge < -0.3 is 15.4 Å². The van der Waals surface area contributed by atoms with Crippen molar-refractivity contribution in [2.24, 2.45) is 5.73 Å². The van der Waals surface area contributed by atoms with Crippen molar-refractivity contribution in [2.45, 2.75) is 45.3 Å². The molecule has 2 atom stereocenters. The van der Waals surface area contributed by atoms with Crippen LogP contribution >= 0.6 is 0 Å². The van der Waals surface area contributed by atoms with E-state index in [1.54, 1.807) is 0 Å². The lowest BCUT2D eigenvalue weighted by Gasteiger charge is -2.26. The third-order valence-corrected chi connectivity index (χ3v) is 3.79. The van der Waals surface area contributed by atoms with E-state index in [-0.39, 0.29) is 6.04 Å². The minimum absolute atomic E-state index is 0.0438. The van der Waals surface area contributed by atoms with Crippen molar-refractivity contribution >= 4 is 5.69 Å². The molecule has 1 fully saturated rings. The number of hydrogen-bond acceptors (Lipinski definition) is 4. The van der Waals surface area contributed by atoms with E-state index in [1.165, 1.54) is 12.8 Å². The molecular formula is C15H25N3O. The molecule has 1 aromatic rings. The zero-order valence-electron chi connectivity index (χ0n) is 12.0. The van der Waals surface area contributed by atoms with E-state index in [1.807, 2.05) is 12.3 Å². The maximum Gasteiger partial charge on any atom is 0.0750 e. The third kappa shape index (κ3) is 3.67. The summed E-state index contributed by atoms with van der Waals surface area (Å²) in [5, 5.41) is 0. The largest absolute Gasteiger partial charge is 0.376 e. The van der Waals surface area contributed by atoms with Crippen LogP contribution in [0.1, 0.15) is 44.8 Å². The Hall–Kier alpha value is -1.13. The summed E-state index contributed by atoms with van der Waals surface area (Å²) in [7, 11) is 0. The van der Waals surface area contributed by atoms with Crippen LogP contribution in [0.2, 0.25) is 0 Å². The molecule has 0 spiro atoms. The fraction of sp³-hybridized carbons (Fsp3) is 0.667. The predicted octanol–water partition coefficient (Wildman–Crippen LogP) is 2.50. The van der Waals surface area contributed by atoms with Gasteiger partial charge in [0.2, 0.25) is 0 Å². The standard InChI is InChI=1S/C15H25N3O/c1-3-14(16)15-8-7-12(10-17-15)18(4-2)11-13-6-5-9-19-13/h7-8,10,13-14H,3-6,9,11,16H2,1-2H3. The number of nitrogens with zero attached hydrogens (tertiary/aromatic N) is 2. The van der Waals surface area contributed by atoms with Crippen LogP contribution in [0, 0.1) is 0 Å². The summed E-state index contributed by atoms with van der Waals surface area (Å²) in [6.07, 6.45) is 5.58. The highest BCUT2D eigenvalue weighted by Gasteiger charge is 2.19. The van der Waals surface area contributed by atoms with Crippen LogP contribution < -0.4 is 10.6 Å². The first kappa shape index (κ1) is 14.3. The van der Waals surface area contributed by atoms with Crippen molar-refractivity contribution in [1.29, 1.82) is 0 Å². The number of rotatable bonds is 6. The number of ether oxygens (including phenoxy) is 1. The van der Waals surface area contributed by atoms with E-state index in [0.29, 0.717) is 6.10 Å². The van der Waals surface area contributed by atoms with E-state index in [9.17, 15) is 0 Å². The quantitative estimate of drug-likeness (QED) is 0.856. The van der Waals surface area contributed by atoms with Gasteiger partial charge in [-0.25, -0.2) is 0 Å². The van der Waals surface area contributed by atoms with Gasteiger partial charge in [-0.15, -0.1) is 0 Å². The van der Waals surface area contributed by atoms with Gasteiger partial charge in [0.25, 0.3) is 0 Å². The van der Waals surface area contributed by atoms with Gasteiger partial charge in [-0.1, -0.05) is 6.92 Å². The molecule has 2 unspecified atom stereocenters.